The molecule has 1 unspecified atom stereocenters. The van der Waals surface area contributed by atoms with E-state index in [-0.39, 0.29) is 25.2 Å². The lowest BCUT2D eigenvalue weighted by Gasteiger charge is -2.28. The molecule has 0 amide bonds. The van der Waals surface area contributed by atoms with E-state index in [1.165, 1.54) is 0 Å². The fourth-order valence-corrected chi connectivity index (χ4v) is 1.84. The number of esters is 1. The molecule has 0 saturated heterocycles. The fraction of sp³-hybridized carbons (Fsp3) is 0.769. The molecular weight excluding hydrogens is 266 g/mol. The lowest BCUT2D eigenvalue weighted by atomic mass is 10.0. The Morgan fingerprint density at radius 2 is 1.50 bits per heavy atom. The molecule has 0 aliphatic heterocycles. The van der Waals surface area contributed by atoms with E-state index >= 15 is 0 Å². The van der Waals surface area contributed by atoms with Crippen molar-refractivity contribution in [2.24, 2.45) is 5.92 Å². The molecule has 0 spiro atoms. The fourth-order valence-electron chi connectivity index (χ4n) is 1.84. The van der Waals surface area contributed by atoms with E-state index < -0.39 is 24.0 Å². The molecule has 0 aromatic rings. The quantitative estimate of drug-likeness (QED) is 0.476. The van der Waals surface area contributed by atoms with Crippen molar-refractivity contribution in [3.63, 3.8) is 0 Å². The highest BCUT2D eigenvalue weighted by atomic mass is 16.5. The van der Waals surface area contributed by atoms with Crippen molar-refractivity contribution in [3.8, 4) is 0 Å². The molecule has 2 atom stereocenters. The number of carbonyl (C=O) groups excluding carboxylic acids is 1. The predicted octanol–water partition coefficient (Wildman–Crippen LogP) is 0.580. The van der Waals surface area contributed by atoms with E-state index in [1.807, 2.05) is 21.1 Å². The van der Waals surface area contributed by atoms with Gasteiger partial charge in [0.05, 0.1) is 27.6 Å². The van der Waals surface area contributed by atoms with Crippen LogP contribution in [0, 0.1) is 5.92 Å². The van der Waals surface area contributed by atoms with Crippen LogP contribution in [0.5, 0.6) is 0 Å². The first-order valence-electron chi connectivity index (χ1n) is 6.43. The van der Waals surface area contributed by atoms with Crippen LogP contribution in [-0.2, 0) is 19.1 Å². The predicted molar refractivity (Wildman–Crippen MR) is 71.1 cm³/mol. The molecule has 116 valence electrons. The van der Waals surface area contributed by atoms with Crippen molar-refractivity contribution in [3.05, 3.63) is 0 Å². The highest BCUT2D eigenvalue weighted by Crippen LogP contribution is 2.12. The van der Waals surface area contributed by atoms with Crippen molar-refractivity contribution in [1.82, 2.24) is 0 Å². The SMILES string of the molecule is CC(CC(=O)O)CC(=O)O[C@H](CC(=O)O)C[N+](C)(C)C. The molecule has 0 aromatic carbocycles. The van der Waals surface area contributed by atoms with Crippen LogP contribution in [0.25, 0.3) is 0 Å². The Morgan fingerprint density at radius 3 is 1.90 bits per heavy atom. The van der Waals surface area contributed by atoms with Gasteiger partial charge in [-0.05, 0) is 5.92 Å². The minimum absolute atomic E-state index is 0.0282. The number of ether oxygens (including phenoxy) is 1. The number of hydrogen-bond acceptors (Lipinski definition) is 4. The molecule has 0 aliphatic carbocycles. The molecule has 0 bridgehead atoms. The summed E-state index contributed by atoms with van der Waals surface area (Å²) in [6.07, 6.45) is -1.11. The van der Waals surface area contributed by atoms with E-state index in [0.717, 1.165) is 0 Å². The third-order valence-electron chi connectivity index (χ3n) is 2.49. The lowest BCUT2D eigenvalue weighted by molar-refractivity contribution is -0.873. The maximum Gasteiger partial charge on any atom is 0.307 e. The van der Waals surface area contributed by atoms with Crippen molar-refractivity contribution >= 4 is 17.9 Å². The Kier molecular flexibility index (Phi) is 7.20. The summed E-state index contributed by atoms with van der Waals surface area (Å²) in [5.74, 6) is -2.90. The minimum Gasteiger partial charge on any atom is -0.481 e. The van der Waals surface area contributed by atoms with Crippen molar-refractivity contribution in [2.75, 3.05) is 27.7 Å². The van der Waals surface area contributed by atoms with Crippen LogP contribution < -0.4 is 0 Å². The zero-order valence-corrected chi connectivity index (χ0v) is 12.5. The number of aliphatic carboxylic acids is 2. The largest absolute Gasteiger partial charge is 0.481 e. The van der Waals surface area contributed by atoms with Gasteiger partial charge in [-0.2, -0.15) is 0 Å². The summed E-state index contributed by atoms with van der Waals surface area (Å²) in [5, 5.41) is 17.4. The second kappa shape index (κ2) is 7.84. The van der Waals surface area contributed by atoms with E-state index in [2.05, 4.69) is 0 Å². The van der Waals surface area contributed by atoms with Crippen LogP contribution in [0.4, 0.5) is 0 Å². The molecule has 7 nitrogen and oxygen atoms in total. The van der Waals surface area contributed by atoms with Gasteiger partial charge in [-0.15, -0.1) is 0 Å². The van der Waals surface area contributed by atoms with Gasteiger partial charge in [0, 0.05) is 12.8 Å². The number of hydrogen-bond donors (Lipinski definition) is 2. The van der Waals surface area contributed by atoms with Gasteiger partial charge >= 0.3 is 17.9 Å². The number of quaternary nitrogens is 1. The average molecular weight is 290 g/mol. The van der Waals surface area contributed by atoms with Gasteiger partial charge in [0.2, 0.25) is 0 Å². The Labute approximate surface area is 118 Å². The first-order valence-corrected chi connectivity index (χ1v) is 6.43. The molecule has 0 fully saturated rings. The first kappa shape index (κ1) is 18.4. The van der Waals surface area contributed by atoms with E-state index in [1.54, 1.807) is 6.92 Å². The van der Waals surface area contributed by atoms with Gasteiger partial charge in [-0.3, -0.25) is 14.4 Å². The normalized spacial score (nSPS) is 14.4. The van der Waals surface area contributed by atoms with Crippen molar-refractivity contribution in [1.29, 1.82) is 0 Å². The standard InChI is InChI=1S/C13H23NO6/c1-9(5-11(15)16)6-13(19)20-10(7-12(17)18)8-14(2,3)4/h9-10H,5-8H2,1-4H3,(H-,15,16,17,18)/p+1/t9?,10-/m1/s1. The molecule has 0 saturated carbocycles. The third kappa shape index (κ3) is 10.3. The second-order valence-corrected chi connectivity index (χ2v) is 6.09. The molecule has 0 radical (unpaired) electrons. The minimum atomic E-state index is -1.03. The monoisotopic (exact) mass is 290 g/mol. The average Bonchev–Trinajstić information content (AvgIpc) is 2.09. The topological polar surface area (TPSA) is 101 Å². The van der Waals surface area contributed by atoms with Gasteiger partial charge in [0.25, 0.3) is 0 Å². The first-order chi connectivity index (χ1) is 8.99. The van der Waals surface area contributed by atoms with Gasteiger partial charge in [0.15, 0.2) is 6.10 Å². The number of likely N-dealkylation sites (N-methyl/N-ethyl adjacent to an activating group) is 1. The maximum atomic E-state index is 11.7. The number of rotatable bonds is 9. The summed E-state index contributed by atoms with van der Waals surface area (Å²) in [4.78, 5) is 33.0. The van der Waals surface area contributed by atoms with Crippen LogP contribution in [0.15, 0.2) is 0 Å². The summed E-state index contributed by atoms with van der Waals surface area (Å²) in [5.41, 5.74) is 0. The van der Waals surface area contributed by atoms with Crippen molar-refractivity contribution < 1.29 is 33.8 Å². The Morgan fingerprint density at radius 1 is 1.00 bits per heavy atom. The lowest BCUT2D eigenvalue weighted by Crippen LogP contribution is -2.43. The van der Waals surface area contributed by atoms with Crippen LogP contribution in [0.3, 0.4) is 0 Å². The molecule has 7 heteroatoms. The Bertz CT molecular complexity index is 360. The Balaban J connectivity index is 4.45. The summed E-state index contributed by atoms with van der Waals surface area (Å²) >= 11 is 0. The van der Waals surface area contributed by atoms with Gasteiger partial charge in [-0.25, -0.2) is 0 Å². The highest BCUT2D eigenvalue weighted by molar-refractivity contribution is 5.73. The van der Waals surface area contributed by atoms with E-state index in [9.17, 15) is 14.4 Å². The molecule has 0 aliphatic rings. The maximum absolute atomic E-state index is 11.7. The molecule has 0 aromatic heterocycles. The third-order valence-corrected chi connectivity index (χ3v) is 2.49. The summed E-state index contributed by atoms with van der Waals surface area (Å²) in [6, 6.07) is 0. The van der Waals surface area contributed by atoms with Gasteiger partial charge in [0.1, 0.15) is 6.54 Å². The van der Waals surface area contributed by atoms with E-state index in [0.29, 0.717) is 11.0 Å². The van der Waals surface area contributed by atoms with Crippen molar-refractivity contribution in [2.45, 2.75) is 32.3 Å². The number of carbonyl (C=O) groups is 3. The van der Waals surface area contributed by atoms with Crippen LogP contribution in [-0.4, -0.2) is 66.4 Å². The van der Waals surface area contributed by atoms with Crippen LogP contribution >= 0.6 is 0 Å². The zero-order valence-electron chi connectivity index (χ0n) is 12.5. The number of carboxylic acids is 2. The number of carboxylic acid groups (broad SMARTS) is 2. The van der Waals surface area contributed by atoms with Gasteiger partial charge < -0.3 is 19.4 Å². The molecule has 2 N–H and O–H groups in total. The van der Waals surface area contributed by atoms with Crippen LogP contribution in [0.1, 0.15) is 26.2 Å². The second-order valence-electron chi connectivity index (χ2n) is 6.09. The summed E-state index contributed by atoms with van der Waals surface area (Å²) in [6.45, 7) is 2.02. The zero-order chi connectivity index (χ0) is 15.9. The highest BCUT2D eigenvalue weighted by Gasteiger charge is 2.25. The molecule has 20 heavy (non-hydrogen) atoms. The summed E-state index contributed by atoms with van der Waals surface area (Å²) in [7, 11) is 5.61. The summed E-state index contributed by atoms with van der Waals surface area (Å²) < 4.78 is 5.63. The van der Waals surface area contributed by atoms with E-state index in [4.69, 9.17) is 14.9 Å². The molecular formula is C13H24NO6+. The molecule has 0 rings (SSSR count). The number of nitrogens with zero attached hydrogens (tertiary/aromatic N) is 1. The van der Waals surface area contributed by atoms with Crippen LogP contribution in [0.2, 0.25) is 0 Å². The Hall–Kier alpha value is -1.63. The molecule has 0 heterocycles. The smallest absolute Gasteiger partial charge is 0.307 e. The van der Waals surface area contributed by atoms with Gasteiger partial charge in [-0.1, -0.05) is 6.92 Å².